The maximum Gasteiger partial charge on any atom is 0.407 e. The van der Waals surface area contributed by atoms with Crippen molar-refractivity contribution in [1.29, 1.82) is 0 Å². The Kier molecular flexibility index (Phi) is 6.95. The number of nitrogens with zero attached hydrogens (tertiary/aromatic N) is 1. The van der Waals surface area contributed by atoms with Crippen molar-refractivity contribution in [3.05, 3.63) is 0 Å². The molecule has 122 valence electrons. The molecule has 1 atom stereocenters. The van der Waals surface area contributed by atoms with Gasteiger partial charge in [-0.15, -0.1) is 0 Å². The number of hydrogen-bond donors (Lipinski definition) is 1. The van der Waals surface area contributed by atoms with E-state index in [2.05, 4.69) is 5.32 Å². The molecule has 0 bridgehead atoms. The standard InChI is InChI=1S/C15H28N2O4/c1-15(2,3)21-14(19)16-9-8-13(18)17(4)11-12-7-5-6-10-20-12/h12H,5-11H2,1-4H3,(H,16,19). The van der Waals surface area contributed by atoms with E-state index >= 15 is 0 Å². The van der Waals surface area contributed by atoms with Gasteiger partial charge in [-0.05, 0) is 40.0 Å². The van der Waals surface area contributed by atoms with Crippen LogP contribution >= 0.6 is 0 Å². The third-order valence-corrected chi connectivity index (χ3v) is 3.18. The number of nitrogens with one attached hydrogen (secondary N) is 1. The first-order valence-electron chi connectivity index (χ1n) is 7.60. The van der Waals surface area contributed by atoms with Crippen LogP contribution in [0.4, 0.5) is 4.79 Å². The third kappa shape index (κ3) is 7.90. The summed E-state index contributed by atoms with van der Waals surface area (Å²) in [5.74, 6) is 0.000215. The molecule has 1 rings (SSSR count). The first-order valence-corrected chi connectivity index (χ1v) is 7.60. The normalized spacial score (nSPS) is 19.0. The van der Waals surface area contributed by atoms with Crippen molar-refractivity contribution < 1.29 is 19.1 Å². The summed E-state index contributed by atoms with van der Waals surface area (Å²) in [6, 6.07) is 0. The lowest BCUT2D eigenvalue weighted by molar-refractivity contribution is -0.132. The maximum atomic E-state index is 12.0. The molecule has 0 aromatic heterocycles. The summed E-state index contributed by atoms with van der Waals surface area (Å²) in [6.45, 7) is 7.09. The molecule has 1 aliphatic heterocycles. The average molecular weight is 300 g/mol. The molecule has 6 nitrogen and oxygen atoms in total. The van der Waals surface area contributed by atoms with Crippen LogP contribution in [0.25, 0.3) is 0 Å². The number of rotatable bonds is 5. The fourth-order valence-electron chi connectivity index (χ4n) is 2.14. The van der Waals surface area contributed by atoms with Crippen molar-refractivity contribution in [2.24, 2.45) is 0 Å². The third-order valence-electron chi connectivity index (χ3n) is 3.18. The van der Waals surface area contributed by atoms with E-state index in [4.69, 9.17) is 9.47 Å². The van der Waals surface area contributed by atoms with E-state index in [1.165, 1.54) is 0 Å². The molecular weight excluding hydrogens is 272 g/mol. The average Bonchev–Trinajstić information content (AvgIpc) is 2.37. The van der Waals surface area contributed by atoms with Crippen LogP contribution in [0.15, 0.2) is 0 Å². The van der Waals surface area contributed by atoms with Gasteiger partial charge in [-0.1, -0.05) is 0 Å². The maximum absolute atomic E-state index is 12.0. The molecule has 0 aromatic carbocycles. The minimum atomic E-state index is -0.525. The first-order chi connectivity index (χ1) is 9.78. The molecule has 0 spiro atoms. The zero-order chi connectivity index (χ0) is 15.9. The highest BCUT2D eigenvalue weighted by molar-refractivity contribution is 5.77. The van der Waals surface area contributed by atoms with Crippen LogP contribution in [-0.2, 0) is 14.3 Å². The topological polar surface area (TPSA) is 67.9 Å². The predicted octanol–water partition coefficient (Wildman–Crippen LogP) is 1.93. The molecule has 1 fully saturated rings. The van der Waals surface area contributed by atoms with E-state index in [9.17, 15) is 9.59 Å². The van der Waals surface area contributed by atoms with Gasteiger partial charge in [0.2, 0.25) is 5.91 Å². The molecule has 2 amide bonds. The van der Waals surface area contributed by atoms with Crippen LogP contribution in [-0.4, -0.2) is 55.3 Å². The molecule has 21 heavy (non-hydrogen) atoms. The Morgan fingerprint density at radius 3 is 2.62 bits per heavy atom. The Hall–Kier alpha value is -1.30. The molecule has 1 N–H and O–H groups in total. The Morgan fingerprint density at radius 1 is 1.33 bits per heavy atom. The van der Waals surface area contributed by atoms with E-state index in [-0.39, 0.29) is 25.0 Å². The number of carbonyl (C=O) groups excluding carboxylic acids is 2. The van der Waals surface area contributed by atoms with Crippen molar-refractivity contribution in [3.63, 3.8) is 0 Å². The summed E-state index contributed by atoms with van der Waals surface area (Å²) in [5, 5.41) is 2.59. The largest absolute Gasteiger partial charge is 0.444 e. The Balaban J connectivity index is 2.18. The second-order valence-electron chi connectivity index (χ2n) is 6.44. The highest BCUT2D eigenvalue weighted by Crippen LogP contribution is 2.13. The smallest absolute Gasteiger partial charge is 0.407 e. The summed E-state index contributed by atoms with van der Waals surface area (Å²) >= 11 is 0. The Labute approximate surface area is 127 Å². The molecule has 1 unspecified atom stereocenters. The highest BCUT2D eigenvalue weighted by atomic mass is 16.6. The van der Waals surface area contributed by atoms with E-state index in [0.29, 0.717) is 6.54 Å². The first kappa shape index (κ1) is 17.8. The van der Waals surface area contributed by atoms with Crippen LogP contribution in [0.1, 0.15) is 46.5 Å². The van der Waals surface area contributed by atoms with Gasteiger partial charge in [-0.2, -0.15) is 0 Å². The SMILES string of the molecule is CN(CC1CCCCO1)C(=O)CCNC(=O)OC(C)(C)C. The quantitative estimate of drug-likeness (QED) is 0.842. The zero-order valence-corrected chi connectivity index (χ0v) is 13.6. The van der Waals surface area contributed by atoms with E-state index in [0.717, 1.165) is 25.9 Å². The minimum absolute atomic E-state index is 0.000215. The van der Waals surface area contributed by atoms with Gasteiger partial charge in [0.05, 0.1) is 6.10 Å². The van der Waals surface area contributed by atoms with E-state index < -0.39 is 11.7 Å². The monoisotopic (exact) mass is 300 g/mol. The number of carbonyl (C=O) groups is 2. The lowest BCUT2D eigenvalue weighted by Crippen LogP contribution is -2.39. The van der Waals surface area contributed by atoms with Crippen LogP contribution < -0.4 is 5.32 Å². The predicted molar refractivity (Wildman–Crippen MR) is 80.1 cm³/mol. The van der Waals surface area contributed by atoms with Crippen molar-refractivity contribution >= 4 is 12.0 Å². The summed E-state index contributed by atoms with van der Waals surface area (Å²) in [5.41, 5.74) is -0.525. The molecule has 1 saturated heterocycles. The van der Waals surface area contributed by atoms with Crippen molar-refractivity contribution in [1.82, 2.24) is 10.2 Å². The van der Waals surface area contributed by atoms with Crippen molar-refractivity contribution in [3.8, 4) is 0 Å². The number of ether oxygens (including phenoxy) is 2. The lowest BCUT2D eigenvalue weighted by atomic mass is 10.1. The number of hydrogen-bond acceptors (Lipinski definition) is 4. The second kappa shape index (κ2) is 8.22. The van der Waals surface area contributed by atoms with Crippen molar-refractivity contribution in [2.45, 2.75) is 58.2 Å². The highest BCUT2D eigenvalue weighted by Gasteiger charge is 2.19. The van der Waals surface area contributed by atoms with E-state index in [1.807, 2.05) is 0 Å². The molecular formula is C15H28N2O4. The Morgan fingerprint density at radius 2 is 2.05 bits per heavy atom. The molecule has 0 aliphatic carbocycles. The van der Waals surface area contributed by atoms with Gasteiger partial charge >= 0.3 is 6.09 Å². The summed E-state index contributed by atoms with van der Waals surface area (Å²) in [6.07, 6.45) is 3.19. The zero-order valence-electron chi connectivity index (χ0n) is 13.6. The van der Waals surface area contributed by atoms with E-state index in [1.54, 1.807) is 32.7 Å². The lowest BCUT2D eigenvalue weighted by Gasteiger charge is -2.27. The molecule has 0 saturated carbocycles. The van der Waals surface area contributed by atoms with Gasteiger partial charge in [0, 0.05) is 33.2 Å². The van der Waals surface area contributed by atoms with Crippen LogP contribution in [0, 0.1) is 0 Å². The molecule has 1 heterocycles. The molecule has 6 heteroatoms. The second-order valence-corrected chi connectivity index (χ2v) is 6.44. The van der Waals surface area contributed by atoms with Gasteiger partial charge in [-0.3, -0.25) is 4.79 Å². The molecule has 0 aromatic rings. The Bertz CT molecular complexity index is 346. The van der Waals surface area contributed by atoms with Gasteiger partial charge in [0.1, 0.15) is 5.60 Å². The van der Waals surface area contributed by atoms with Gasteiger partial charge in [-0.25, -0.2) is 4.79 Å². The van der Waals surface area contributed by atoms with Crippen LogP contribution in [0.3, 0.4) is 0 Å². The fourth-order valence-corrected chi connectivity index (χ4v) is 2.14. The van der Waals surface area contributed by atoms with Gasteiger partial charge in [0.15, 0.2) is 0 Å². The summed E-state index contributed by atoms with van der Waals surface area (Å²) < 4.78 is 10.7. The summed E-state index contributed by atoms with van der Waals surface area (Å²) in [7, 11) is 1.77. The van der Waals surface area contributed by atoms with Gasteiger partial charge in [0.25, 0.3) is 0 Å². The number of alkyl carbamates (subject to hydrolysis) is 1. The summed E-state index contributed by atoms with van der Waals surface area (Å²) in [4.78, 5) is 25.1. The minimum Gasteiger partial charge on any atom is -0.444 e. The number of amides is 2. The molecule has 0 radical (unpaired) electrons. The van der Waals surface area contributed by atoms with Crippen LogP contribution in [0.2, 0.25) is 0 Å². The van der Waals surface area contributed by atoms with Gasteiger partial charge < -0.3 is 19.7 Å². The molecule has 1 aliphatic rings. The van der Waals surface area contributed by atoms with Crippen molar-refractivity contribution in [2.75, 3.05) is 26.7 Å². The van der Waals surface area contributed by atoms with Crippen LogP contribution in [0.5, 0.6) is 0 Å². The number of likely N-dealkylation sites (N-methyl/N-ethyl adjacent to an activating group) is 1. The fraction of sp³-hybridized carbons (Fsp3) is 0.867.